The number of hydrogen-bond acceptors (Lipinski definition) is 8. The normalized spacial score (nSPS) is 16.1. The van der Waals surface area contributed by atoms with Crippen molar-refractivity contribution in [3.05, 3.63) is 111 Å². The third-order valence-electron chi connectivity index (χ3n) is 8.51. The number of benzene rings is 3. The zero-order valence-corrected chi connectivity index (χ0v) is 24.5. The molecule has 1 fully saturated rings. The van der Waals surface area contributed by atoms with E-state index >= 15 is 0 Å². The Hall–Kier alpha value is -4.54. The van der Waals surface area contributed by atoms with Gasteiger partial charge in [0.05, 0.1) is 0 Å². The van der Waals surface area contributed by atoms with E-state index in [1.54, 1.807) is 0 Å². The van der Waals surface area contributed by atoms with Gasteiger partial charge in [0.1, 0.15) is 6.04 Å². The molecule has 1 N–H and O–H groups in total. The molecule has 2 aliphatic rings. The van der Waals surface area contributed by atoms with Crippen molar-refractivity contribution in [2.24, 2.45) is 0 Å². The lowest BCUT2D eigenvalue weighted by molar-refractivity contribution is 0.0996. The number of aryl methyl sites for hydroxylation is 4. The number of rotatable bonds is 8. The van der Waals surface area contributed by atoms with E-state index in [-0.39, 0.29) is 18.4 Å². The Morgan fingerprint density at radius 3 is 2.56 bits per heavy atom. The summed E-state index contributed by atoms with van der Waals surface area (Å²) in [5, 5.41) is 14.0. The van der Waals surface area contributed by atoms with Crippen LogP contribution in [0, 0.1) is 13.8 Å². The summed E-state index contributed by atoms with van der Waals surface area (Å²) < 4.78 is 12.9. The molecule has 2 aromatic heterocycles. The van der Waals surface area contributed by atoms with Gasteiger partial charge in [-0.1, -0.05) is 42.5 Å². The van der Waals surface area contributed by atoms with E-state index in [4.69, 9.17) is 9.47 Å². The molecule has 0 radical (unpaired) electrons. The fourth-order valence-electron chi connectivity index (χ4n) is 6.31. The molecule has 43 heavy (non-hydrogen) atoms. The summed E-state index contributed by atoms with van der Waals surface area (Å²) in [5.74, 6) is 2.29. The SMILES string of the molecule is Cc1cc(C)c2cc([C@H](c3nnnn3CCc3ccccc3)N3CCN(Cc4ccc5c(c4)OCO5)CC3)c(=O)[nH]c2c1. The number of pyridine rings is 1. The van der Waals surface area contributed by atoms with Gasteiger partial charge in [-0.2, -0.15) is 0 Å². The lowest BCUT2D eigenvalue weighted by atomic mass is 9.99. The fourth-order valence-corrected chi connectivity index (χ4v) is 6.31. The monoisotopic (exact) mass is 577 g/mol. The molecule has 2 aliphatic heterocycles. The Labute approximate surface area is 249 Å². The average Bonchev–Trinajstić information content (AvgIpc) is 3.67. The third-order valence-corrected chi connectivity index (χ3v) is 8.51. The van der Waals surface area contributed by atoms with Crippen LogP contribution in [0.15, 0.2) is 71.5 Å². The Balaban J connectivity index is 1.18. The minimum Gasteiger partial charge on any atom is -0.454 e. The second-order valence-corrected chi connectivity index (χ2v) is 11.5. The van der Waals surface area contributed by atoms with Crippen molar-refractivity contribution in [2.75, 3.05) is 33.0 Å². The average molecular weight is 578 g/mol. The molecule has 1 atom stereocenters. The van der Waals surface area contributed by atoms with Crippen molar-refractivity contribution < 1.29 is 9.47 Å². The van der Waals surface area contributed by atoms with E-state index in [0.29, 0.717) is 17.9 Å². The summed E-state index contributed by atoms with van der Waals surface area (Å²) in [6.07, 6.45) is 0.793. The van der Waals surface area contributed by atoms with Gasteiger partial charge in [0, 0.05) is 55.7 Å². The molecule has 0 spiro atoms. The maximum atomic E-state index is 13.7. The van der Waals surface area contributed by atoms with Crippen molar-refractivity contribution >= 4 is 10.9 Å². The van der Waals surface area contributed by atoms with Gasteiger partial charge in [-0.3, -0.25) is 14.6 Å². The molecule has 7 rings (SSSR count). The number of tetrazole rings is 1. The van der Waals surface area contributed by atoms with Crippen molar-refractivity contribution in [1.29, 1.82) is 0 Å². The first kappa shape index (κ1) is 27.3. The molecule has 5 aromatic rings. The highest BCUT2D eigenvalue weighted by Gasteiger charge is 2.33. The number of H-pyrrole nitrogens is 1. The number of ether oxygens (including phenoxy) is 2. The second-order valence-electron chi connectivity index (χ2n) is 11.5. The Morgan fingerprint density at radius 1 is 0.907 bits per heavy atom. The van der Waals surface area contributed by atoms with Gasteiger partial charge in [-0.25, -0.2) is 4.68 Å². The molecule has 0 unspecified atom stereocenters. The molecule has 0 bridgehead atoms. The van der Waals surface area contributed by atoms with Crippen LogP contribution in [-0.2, 0) is 19.5 Å². The number of aromatic amines is 1. The standard InChI is InChI=1S/C33H35N7O3/c1-22-16-23(2)26-19-27(33(41)34-28(26)17-22)31(32-35-36-37-40(32)11-10-24-6-4-3-5-7-24)39-14-12-38(13-15-39)20-25-8-9-29-30(18-25)43-21-42-29/h3-9,16-19,31H,10-15,20-21H2,1-2H3,(H,34,41)/t31-/m1/s1. The molecule has 0 amide bonds. The zero-order valence-electron chi connectivity index (χ0n) is 24.5. The lowest BCUT2D eigenvalue weighted by Crippen LogP contribution is -2.48. The third kappa shape index (κ3) is 5.63. The number of aromatic nitrogens is 5. The van der Waals surface area contributed by atoms with Gasteiger partial charge in [-0.15, -0.1) is 5.10 Å². The molecule has 220 valence electrons. The van der Waals surface area contributed by atoms with Crippen LogP contribution in [0.1, 0.15) is 39.7 Å². The van der Waals surface area contributed by atoms with Crippen LogP contribution < -0.4 is 15.0 Å². The van der Waals surface area contributed by atoms with Gasteiger partial charge >= 0.3 is 0 Å². The summed E-state index contributed by atoms with van der Waals surface area (Å²) in [6, 6.07) is 22.3. The van der Waals surface area contributed by atoms with Gasteiger partial charge in [0.15, 0.2) is 17.3 Å². The summed E-state index contributed by atoms with van der Waals surface area (Å²) in [6.45, 7) is 9.08. The molecule has 0 aliphatic carbocycles. The van der Waals surface area contributed by atoms with E-state index in [2.05, 4.69) is 67.6 Å². The first-order valence-electron chi connectivity index (χ1n) is 14.8. The van der Waals surface area contributed by atoms with Gasteiger partial charge < -0.3 is 14.5 Å². The van der Waals surface area contributed by atoms with E-state index in [1.165, 1.54) is 11.1 Å². The highest BCUT2D eigenvalue weighted by molar-refractivity contribution is 5.83. The Morgan fingerprint density at radius 2 is 1.72 bits per heavy atom. The summed E-state index contributed by atoms with van der Waals surface area (Å²) >= 11 is 0. The van der Waals surface area contributed by atoms with E-state index in [9.17, 15) is 4.79 Å². The van der Waals surface area contributed by atoms with Gasteiger partial charge in [0.2, 0.25) is 6.79 Å². The Bertz CT molecular complexity index is 1810. The minimum absolute atomic E-state index is 0.108. The molecule has 1 saturated heterocycles. The zero-order chi connectivity index (χ0) is 29.3. The second kappa shape index (κ2) is 11.6. The van der Waals surface area contributed by atoms with Crippen LogP contribution in [0.2, 0.25) is 0 Å². The van der Waals surface area contributed by atoms with Crippen LogP contribution in [0.5, 0.6) is 11.5 Å². The number of nitrogens with one attached hydrogen (secondary N) is 1. The maximum absolute atomic E-state index is 13.7. The largest absolute Gasteiger partial charge is 0.454 e. The molecule has 10 nitrogen and oxygen atoms in total. The van der Waals surface area contributed by atoms with E-state index in [1.807, 2.05) is 48.0 Å². The van der Waals surface area contributed by atoms with Crippen molar-refractivity contribution in [1.82, 2.24) is 35.0 Å². The highest BCUT2D eigenvalue weighted by Crippen LogP contribution is 2.33. The first-order valence-corrected chi connectivity index (χ1v) is 14.8. The smallest absolute Gasteiger partial charge is 0.253 e. The minimum atomic E-state index is -0.382. The first-order chi connectivity index (χ1) is 21.0. The van der Waals surface area contributed by atoms with Crippen LogP contribution >= 0.6 is 0 Å². The van der Waals surface area contributed by atoms with E-state index < -0.39 is 0 Å². The number of fused-ring (bicyclic) bond motifs is 2. The van der Waals surface area contributed by atoms with Crippen LogP contribution in [0.4, 0.5) is 0 Å². The van der Waals surface area contributed by atoms with E-state index in [0.717, 1.165) is 72.7 Å². The Kier molecular flexibility index (Phi) is 7.38. The van der Waals surface area contributed by atoms with Gasteiger partial charge in [0.25, 0.3) is 5.56 Å². The topological polar surface area (TPSA) is 101 Å². The summed E-state index contributed by atoms with van der Waals surface area (Å²) in [7, 11) is 0. The number of hydrogen-bond donors (Lipinski definition) is 1. The van der Waals surface area contributed by atoms with Crippen LogP contribution in [-0.4, -0.2) is 68.0 Å². The molecule has 3 aromatic carbocycles. The summed E-state index contributed by atoms with van der Waals surface area (Å²) in [4.78, 5) is 21.7. The van der Waals surface area contributed by atoms with Crippen molar-refractivity contribution in [2.45, 2.75) is 39.4 Å². The molecule has 4 heterocycles. The maximum Gasteiger partial charge on any atom is 0.253 e. The summed E-state index contributed by atoms with van der Waals surface area (Å²) in [5.41, 5.74) is 6.06. The van der Waals surface area contributed by atoms with Gasteiger partial charge in [-0.05, 0) is 77.2 Å². The predicted molar refractivity (Wildman–Crippen MR) is 163 cm³/mol. The quantitative estimate of drug-likeness (QED) is 0.295. The molecular formula is C33H35N7O3. The predicted octanol–water partition coefficient (Wildman–Crippen LogP) is 4.01. The molecular weight excluding hydrogens is 542 g/mol. The number of piperazine rings is 1. The number of nitrogens with zero attached hydrogens (tertiary/aromatic N) is 6. The molecule has 0 saturated carbocycles. The van der Waals surface area contributed by atoms with Crippen molar-refractivity contribution in [3.63, 3.8) is 0 Å². The fraction of sp³-hybridized carbons (Fsp3) is 0.333. The van der Waals surface area contributed by atoms with Crippen molar-refractivity contribution in [3.8, 4) is 11.5 Å². The lowest BCUT2D eigenvalue weighted by Gasteiger charge is -2.38. The van der Waals surface area contributed by atoms with Crippen LogP contribution in [0.3, 0.4) is 0 Å². The molecule has 10 heteroatoms. The van der Waals surface area contributed by atoms with Crippen LogP contribution in [0.25, 0.3) is 10.9 Å². The highest BCUT2D eigenvalue weighted by atomic mass is 16.7.